The second-order valence-electron chi connectivity index (χ2n) is 8.61. The van der Waals surface area contributed by atoms with Crippen LogP contribution in [0.5, 0.6) is 5.75 Å². The number of hydrogen-bond acceptors (Lipinski definition) is 9. The topological polar surface area (TPSA) is 170 Å². The summed E-state index contributed by atoms with van der Waals surface area (Å²) in [5.74, 6) is -0.336. The average molecular weight is 489 g/mol. The molecule has 184 valence electrons. The lowest BCUT2D eigenvalue weighted by Gasteiger charge is -2.16. The van der Waals surface area contributed by atoms with E-state index in [1.54, 1.807) is 23.0 Å². The van der Waals surface area contributed by atoms with E-state index in [0.29, 0.717) is 41.5 Å². The van der Waals surface area contributed by atoms with E-state index in [1.165, 1.54) is 13.2 Å². The third kappa shape index (κ3) is 4.44. The first kappa shape index (κ1) is 23.3. The number of carbonyl (C=O) groups excluding carboxylic acids is 2. The van der Waals surface area contributed by atoms with Gasteiger partial charge in [0.25, 0.3) is 5.91 Å². The lowest BCUT2D eigenvalue weighted by atomic mass is 10.0. The van der Waals surface area contributed by atoms with Crippen molar-refractivity contribution in [3.8, 4) is 22.9 Å². The van der Waals surface area contributed by atoms with Gasteiger partial charge in [-0.15, -0.1) is 10.2 Å². The molecule has 0 unspecified atom stereocenters. The Kier molecular flexibility index (Phi) is 6.22. The summed E-state index contributed by atoms with van der Waals surface area (Å²) < 4.78 is 12.9. The maximum absolute atomic E-state index is 12.2. The summed E-state index contributed by atoms with van der Waals surface area (Å²) in [6.45, 7) is 1.12. The molecule has 1 saturated carbocycles. The van der Waals surface area contributed by atoms with E-state index in [1.807, 2.05) is 6.07 Å². The SMILES string of the molecule is COc1c(Nc2cc(NC(=O)C3CC3)nnc2C(N)=O)cccc1-c1cnn([C@@H]2CCOC2)c1C#N. The fourth-order valence-corrected chi connectivity index (χ4v) is 4.18. The zero-order valence-corrected chi connectivity index (χ0v) is 19.5. The van der Waals surface area contributed by atoms with E-state index in [0.717, 1.165) is 19.3 Å². The van der Waals surface area contributed by atoms with Crippen molar-refractivity contribution in [3.63, 3.8) is 0 Å². The molecule has 3 aromatic rings. The number of anilines is 3. The fraction of sp³-hybridized carbons (Fsp3) is 0.333. The Hall–Kier alpha value is -4.50. The number of primary amides is 1. The summed E-state index contributed by atoms with van der Waals surface area (Å²) >= 11 is 0. The first-order chi connectivity index (χ1) is 17.5. The van der Waals surface area contributed by atoms with Gasteiger partial charge in [-0.1, -0.05) is 12.1 Å². The third-order valence-corrected chi connectivity index (χ3v) is 6.16. The molecule has 4 N–H and O–H groups in total. The molecule has 2 aliphatic rings. The Labute approximate surface area is 206 Å². The molecule has 1 atom stereocenters. The van der Waals surface area contributed by atoms with Crippen LogP contribution in [0.15, 0.2) is 30.5 Å². The van der Waals surface area contributed by atoms with Crippen molar-refractivity contribution in [2.75, 3.05) is 31.0 Å². The lowest BCUT2D eigenvalue weighted by molar-refractivity contribution is -0.117. The summed E-state index contributed by atoms with van der Waals surface area (Å²) in [5.41, 5.74) is 7.79. The van der Waals surface area contributed by atoms with Crippen molar-refractivity contribution < 1.29 is 19.1 Å². The van der Waals surface area contributed by atoms with Crippen LogP contribution in [0, 0.1) is 17.2 Å². The van der Waals surface area contributed by atoms with Gasteiger partial charge in [0.05, 0.1) is 37.3 Å². The summed E-state index contributed by atoms with van der Waals surface area (Å²) in [6, 6.07) is 9.09. The van der Waals surface area contributed by atoms with Gasteiger partial charge in [0, 0.05) is 29.7 Å². The predicted molar refractivity (Wildman–Crippen MR) is 129 cm³/mol. The third-order valence-electron chi connectivity index (χ3n) is 6.16. The van der Waals surface area contributed by atoms with Gasteiger partial charge >= 0.3 is 0 Å². The summed E-state index contributed by atoms with van der Waals surface area (Å²) in [7, 11) is 1.51. The molecular formula is C24H24N8O4. The molecule has 0 spiro atoms. The van der Waals surface area contributed by atoms with Crippen molar-refractivity contribution in [2.24, 2.45) is 11.7 Å². The van der Waals surface area contributed by atoms with Gasteiger partial charge in [-0.2, -0.15) is 10.4 Å². The predicted octanol–water partition coefficient (Wildman–Crippen LogP) is 2.37. The molecule has 2 amide bonds. The van der Waals surface area contributed by atoms with Crippen LogP contribution in [0.25, 0.3) is 11.1 Å². The van der Waals surface area contributed by atoms with Gasteiger partial charge in [-0.3, -0.25) is 9.59 Å². The molecule has 1 saturated heterocycles. The van der Waals surface area contributed by atoms with Crippen LogP contribution in [-0.4, -0.2) is 52.1 Å². The van der Waals surface area contributed by atoms with E-state index < -0.39 is 5.91 Å². The maximum atomic E-state index is 12.2. The van der Waals surface area contributed by atoms with Crippen LogP contribution in [0.3, 0.4) is 0 Å². The maximum Gasteiger partial charge on any atom is 0.271 e. The number of para-hydroxylation sites is 1. The standard InChI is InChI=1S/C24H24N8O4/c1-35-22-15(16-11-27-32(19(16)10-25)14-7-8-36-12-14)3-2-4-17(22)28-18-9-20(29-24(34)13-5-6-13)30-31-21(18)23(26)33/h2-4,9,11,13-14H,5-8,12H2,1H3,(H2,26,33)(H2,28,29,30,34)/t14-/m1/s1. The second-order valence-corrected chi connectivity index (χ2v) is 8.61. The molecule has 3 heterocycles. The highest BCUT2D eigenvalue weighted by atomic mass is 16.5. The fourth-order valence-electron chi connectivity index (χ4n) is 4.18. The number of nitrogens with zero attached hydrogens (tertiary/aromatic N) is 5. The zero-order chi connectivity index (χ0) is 25.2. The highest BCUT2D eigenvalue weighted by molar-refractivity contribution is 5.99. The van der Waals surface area contributed by atoms with Crippen LogP contribution in [0.1, 0.15) is 41.5 Å². The number of methoxy groups -OCH3 is 1. The van der Waals surface area contributed by atoms with Crippen LogP contribution in [0.4, 0.5) is 17.2 Å². The average Bonchev–Trinajstić information content (AvgIpc) is 3.42. The molecule has 12 nitrogen and oxygen atoms in total. The first-order valence-corrected chi connectivity index (χ1v) is 11.5. The van der Waals surface area contributed by atoms with Crippen LogP contribution < -0.4 is 21.1 Å². The summed E-state index contributed by atoms with van der Waals surface area (Å²) in [4.78, 5) is 24.2. The van der Waals surface area contributed by atoms with Gasteiger partial charge in [-0.25, -0.2) is 4.68 Å². The molecule has 36 heavy (non-hydrogen) atoms. The quantitative estimate of drug-likeness (QED) is 0.430. The highest BCUT2D eigenvalue weighted by Gasteiger charge is 2.30. The van der Waals surface area contributed by atoms with E-state index >= 15 is 0 Å². The van der Waals surface area contributed by atoms with Crippen molar-refractivity contribution in [3.05, 3.63) is 41.9 Å². The number of carbonyl (C=O) groups is 2. The number of rotatable bonds is 8. The van der Waals surface area contributed by atoms with E-state index in [2.05, 4.69) is 32.0 Å². The largest absolute Gasteiger partial charge is 0.494 e. The molecule has 0 bridgehead atoms. The summed E-state index contributed by atoms with van der Waals surface area (Å²) in [5, 5.41) is 28.0. The normalized spacial score (nSPS) is 16.8. The number of amides is 2. The van der Waals surface area contributed by atoms with Gasteiger partial charge < -0.3 is 25.8 Å². The minimum atomic E-state index is -0.785. The zero-order valence-electron chi connectivity index (χ0n) is 19.5. The van der Waals surface area contributed by atoms with Crippen molar-refractivity contribution >= 4 is 29.0 Å². The van der Waals surface area contributed by atoms with Crippen LogP contribution in [-0.2, 0) is 9.53 Å². The lowest BCUT2D eigenvalue weighted by Crippen LogP contribution is -2.19. The van der Waals surface area contributed by atoms with Crippen molar-refractivity contribution in [1.29, 1.82) is 5.26 Å². The van der Waals surface area contributed by atoms with E-state index in [4.69, 9.17) is 15.2 Å². The van der Waals surface area contributed by atoms with E-state index in [9.17, 15) is 14.9 Å². The number of nitrogens with one attached hydrogen (secondary N) is 2. The van der Waals surface area contributed by atoms with E-state index in [-0.39, 0.29) is 35.1 Å². The molecular weight excluding hydrogens is 464 g/mol. The number of hydrogen-bond donors (Lipinski definition) is 3. The van der Waals surface area contributed by atoms with Crippen molar-refractivity contribution in [1.82, 2.24) is 20.0 Å². The molecule has 5 rings (SSSR count). The molecule has 0 radical (unpaired) electrons. The molecule has 12 heteroatoms. The molecule has 1 aromatic carbocycles. The van der Waals surface area contributed by atoms with Gasteiger partial charge in [-0.05, 0) is 25.3 Å². The smallest absolute Gasteiger partial charge is 0.271 e. The summed E-state index contributed by atoms with van der Waals surface area (Å²) in [6.07, 6.45) is 4.08. The highest BCUT2D eigenvalue weighted by Crippen LogP contribution is 2.40. The number of nitrogens with two attached hydrogens (primary N) is 1. The Morgan fingerprint density at radius 1 is 1.22 bits per heavy atom. The van der Waals surface area contributed by atoms with Gasteiger partial charge in [0.1, 0.15) is 17.5 Å². The number of ether oxygens (including phenoxy) is 2. The molecule has 2 aromatic heterocycles. The molecule has 1 aliphatic carbocycles. The Morgan fingerprint density at radius 3 is 2.72 bits per heavy atom. The Bertz CT molecular complexity index is 1370. The first-order valence-electron chi connectivity index (χ1n) is 11.5. The minimum Gasteiger partial charge on any atom is -0.494 e. The monoisotopic (exact) mass is 488 g/mol. The second kappa shape index (κ2) is 9.63. The number of aromatic nitrogens is 4. The minimum absolute atomic E-state index is 0.00834. The number of benzene rings is 1. The Balaban J connectivity index is 1.51. The van der Waals surface area contributed by atoms with Gasteiger partial charge in [0.15, 0.2) is 11.5 Å². The van der Waals surface area contributed by atoms with Gasteiger partial charge in [0.2, 0.25) is 5.91 Å². The molecule has 1 aliphatic heterocycles. The molecule has 2 fully saturated rings. The van der Waals surface area contributed by atoms with Crippen LogP contribution >= 0.6 is 0 Å². The van der Waals surface area contributed by atoms with Crippen molar-refractivity contribution in [2.45, 2.75) is 25.3 Å². The Morgan fingerprint density at radius 2 is 2.06 bits per heavy atom. The number of nitriles is 1. The van der Waals surface area contributed by atoms with Crippen LogP contribution in [0.2, 0.25) is 0 Å².